The molecule has 0 bridgehead atoms. The molecule has 1 aliphatic rings. The van der Waals surface area contributed by atoms with Crippen molar-refractivity contribution in [1.29, 1.82) is 0 Å². The molecule has 0 amide bonds. The van der Waals surface area contributed by atoms with Crippen molar-refractivity contribution in [3.05, 3.63) is 22.6 Å². The van der Waals surface area contributed by atoms with Crippen molar-refractivity contribution in [3.63, 3.8) is 0 Å². The van der Waals surface area contributed by atoms with Crippen LogP contribution in [0.5, 0.6) is 0 Å². The Morgan fingerprint density at radius 2 is 1.67 bits per heavy atom. The standard InChI is InChI=1S/C19H33NO/c1-7-8-20-19(17-10-12(2)9-13(3)11-17)18-14(4)15(5)21-16(18)6/h12-13,17,19-20H,7-11H2,1-6H3. The first kappa shape index (κ1) is 16.6. The van der Waals surface area contributed by atoms with Crippen molar-refractivity contribution < 1.29 is 4.42 Å². The zero-order valence-electron chi connectivity index (χ0n) is 14.8. The summed E-state index contributed by atoms with van der Waals surface area (Å²) in [4.78, 5) is 0. The first-order chi connectivity index (χ1) is 9.93. The van der Waals surface area contributed by atoms with Crippen molar-refractivity contribution in [3.8, 4) is 0 Å². The number of rotatable bonds is 5. The zero-order valence-corrected chi connectivity index (χ0v) is 14.8. The Morgan fingerprint density at radius 1 is 1.05 bits per heavy atom. The van der Waals surface area contributed by atoms with Gasteiger partial charge >= 0.3 is 0 Å². The molecule has 1 aromatic rings. The summed E-state index contributed by atoms with van der Waals surface area (Å²) >= 11 is 0. The van der Waals surface area contributed by atoms with E-state index < -0.39 is 0 Å². The third-order valence-corrected chi connectivity index (χ3v) is 5.23. The maximum absolute atomic E-state index is 5.91. The van der Waals surface area contributed by atoms with Crippen molar-refractivity contribution in [2.45, 2.75) is 73.3 Å². The maximum Gasteiger partial charge on any atom is 0.106 e. The molecule has 1 N–H and O–H groups in total. The summed E-state index contributed by atoms with van der Waals surface area (Å²) < 4.78 is 5.91. The fraction of sp³-hybridized carbons (Fsp3) is 0.789. The number of furan rings is 1. The predicted molar refractivity (Wildman–Crippen MR) is 89.6 cm³/mol. The Balaban J connectivity index is 2.29. The Hall–Kier alpha value is -0.760. The predicted octanol–water partition coefficient (Wildman–Crippen LogP) is 5.32. The summed E-state index contributed by atoms with van der Waals surface area (Å²) in [6, 6.07) is 0.465. The van der Waals surface area contributed by atoms with Gasteiger partial charge in [0.05, 0.1) is 0 Å². The normalized spacial score (nSPS) is 27.8. The minimum absolute atomic E-state index is 0.465. The van der Waals surface area contributed by atoms with E-state index in [2.05, 4.69) is 46.9 Å². The van der Waals surface area contributed by atoms with Crippen LogP contribution in [0.25, 0.3) is 0 Å². The van der Waals surface area contributed by atoms with Gasteiger partial charge in [0.25, 0.3) is 0 Å². The van der Waals surface area contributed by atoms with E-state index in [4.69, 9.17) is 4.42 Å². The third kappa shape index (κ3) is 3.71. The summed E-state index contributed by atoms with van der Waals surface area (Å²) in [6.07, 6.45) is 5.26. The maximum atomic E-state index is 5.91. The molecule has 0 aromatic carbocycles. The average Bonchev–Trinajstić information content (AvgIpc) is 2.64. The highest BCUT2D eigenvalue weighted by atomic mass is 16.3. The number of aryl methyl sites for hydroxylation is 2. The highest BCUT2D eigenvalue weighted by molar-refractivity contribution is 5.35. The molecule has 1 aliphatic carbocycles. The fourth-order valence-electron chi connectivity index (χ4n) is 4.35. The van der Waals surface area contributed by atoms with Gasteiger partial charge in [-0.05, 0) is 76.3 Å². The van der Waals surface area contributed by atoms with E-state index in [0.29, 0.717) is 6.04 Å². The summed E-state index contributed by atoms with van der Waals surface area (Å²) in [6.45, 7) is 14.6. The van der Waals surface area contributed by atoms with Crippen LogP contribution >= 0.6 is 0 Å². The molecular formula is C19H33NO. The lowest BCUT2D eigenvalue weighted by Gasteiger charge is -2.37. The largest absolute Gasteiger partial charge is 0.466 e. The number of nitrogens with one attached hydrogen (secondary N) is 1. The molecule has 1 fully saturated rings. The van der Waals surface area contributed by atoms with Gasteiger partial charge in [-0.2, -0.15) is 0 Å². The van der Waals surface area contributed by atoms with Crippen LogP contribution < -0.4 is 5.32 Å². The van der Waals surface area contributed by atoms with Crippen LogP contribution in [-0.2, 0) is 0 Å². The van der Waals surface area contributed by atoms with Gasteiger partial charge in [0.2, 0.25) is 0 Å². The summed E-state index contributed by atoms with van der Waals surface area (Å²) in [5, 5.41) is 3.83. The smallest absolute Gasteiger partial charge is 0.106 e. The molecule has 1 heterocycles. The van der Waals surface area contributed by atoms with E-state index in [9.17, 15) is 0 Å². The van der Waals surface area contributed by atoms with Crippen LogP contribution in [0.2, 0.25) is 0 Å². The van der Waals surface area contributed by atoms with Crippen LogP contribution in [0.15, 0.2) is 4.42 Å². The van der Waals surface area contributed by atoms with Gasteiger partial charge in [0.1, 0.15) is 11.5 Å². The Kier molecular flexibility index (Phi) is 5.54. The highest BCUT2D eigenvalue weighted by Gasteiger charge is 2.33. The van der Waals surface area contributed by atoms with Crippen LogP contribution in [0, 0.1) is 38.5 Å². The molecule has 3 unspecified atom stereocenters. The zero-order chi connectivity index (χ0) is 15.6. The monoisotopic (exact) mass is 291 g/mol. The van der Waals surface area contributed by atoms with Gasteiger partial charge in [-0.25, -0.2) is 0 Å². The van der Waals surface area contributed by atoms with Gasteiger partial charge in [-0.1, -0.05) is 20.8 Å². The molecule has 2 nitrogen and oxygen atoms in total. The highest BCUT2D eigenvalue weighted by Crippen LogP contribution is 2.42. The van der Waals surface area contributed by atoms with Crippen LogP contribution in [0.4, 0.5) is 0 Å². The molecule has 0 saturated heterocycles. The van der Waals surface area contributed by atoms with Gasteiger partial charge in [-0.3, -0.25) is 0 Å². The van der Waals surface area contributed by atoms with Crippen molar-refractivity contribution in [2.24, 2.45) is 17.8 Å². The Labute approximate surface area is 130 Å². The lowest BCUT2D eigenvalue weighted by Crippen LogP contribution is -2.34. The Morgan fingerprint density at radius 3 is 2.14 bits per heavy atom. The minimum Gasteiger partial charge on any atom is -0.466 e. The van der Waals surface area contributed by atoms with E-state index in [1.54, 1.807) is 0 Å². The average molecular weight is 291 g/mol. The first-order valence-electron chi connectivity index (χ1n) is 8.73. The first-order valence-corrected chi connectivity index (χ1v) is 8.73. The van der Waals surface area contributed by atoms with Crippen LogP contribution in [0.3, 0.4) is 0 Å². The lowest BCUT2D eigenvalue weighted by molar-refractivity contribution is 0.175. The molecule has 1 aromatic heterocycles. The molecule has 0 radical (unpaired) electrons. The third-order valence-electron chi connectivity index (χ3n) is 5.23. The van der Waals surface area contributed by atoms with Gasteiger partial charge in [0.15, 0.2) is 0 Å². The second kappa shape index (κ2) is 7.00. The topological polar surface area (TPSA) is 25.2 Å². The van der Waals surface area contributed by atoms with E-state index in [1.165, 1.54) is 36.8 Å². The van der Waals surface area contributed by atoms with Crippen molar-refractivity contribution in [2.75, 3.05) is 6.54 Å². The molecule has 2 heteroatoms. The summed E-state index contributed by atoms with van der Waals surface area (Å²) in [5.74, 6) is 4.63. The number of hydrogen-bond acceptors (Lipinski definition) is 2. The second-order valence-electron chi connectivity index (χ2n) is 7.36. The van der Waals surface area contributed by atoms with Crippen LogP contribution in [0.1, 0.15) is 75.1 Å². The van der Waals surface area contributed by atoms with Crippen molar-refractivity contribution in [1.82, 2.24) is 5.32 Å². The lowest BCUT2D eigenvalue weighted by atomic mass is 9.72. The Bertz CT molecular complexity index is 452. The molecule has 3 atom stereocenters. The summed E-state index contributed by atoms with van der Waals surface area (Å²) in [7, 11) is 0. The molecule has 0 spiro atoms. The molecule has 1 saturated carbocycles. The molecule has 21 heavy (non-hydrogen) atoms. The van der Waals surface area contributed by atoms with Crippen LogP contribution in [-0.4, -0.2) is 6.54 Å². The van der Waals surface area contributed by atoms with Crippen molar-refractivity contribution >= 4 is 0 Å². The van der Waals surface area contributed by atoms with Gasteiger partial charge in [0, 0.05) is 11.6 Å². The quantitative estimate of drug-likeness (QED) is 0.794. The minimum atomic E-state index is 0.465. The fourth-order valence-corrected chi connectivity index (χ4v) is 4.35. The second-order valence-corrected chi connectivity index (χ2v) is 7.36. The molecule has 2 rings (SSSR count). The summed E-state index contributed by atoms with van der Waals surface area (Å²) in [5.41, 5.74) is 2.79. The molecular weight excluding hydrogens is 258 g/mol. The van der Waals surface area contributed by atoms with E-state index in [-0.39, 0.29) is 0 Å². The van der Waals surface area contributed by atoms with E-state index in [0.717, 1.165) is 35.8 Å². The van der Waals surface area contributed by atoms with Gasteiger partial charge < -0.3 is 9.73 Å². The van der Waals surface area contributed by atoms with Gasteiger partial charge in [-0.15, -0.1) is 0 Å². The molecule has 120 valence electrons. The molecule has 0 aliphatic heterocycles. The number of hydrogen-bond donors (Lipinski definition) is 1. The van der Waals surface area contributed by atoms with E-state index >= 15 is 0 Å². The van der Waals surface area contributed by atoms with E-state index in [1.807, 2.05) is 0 Å². The SMILES string of the molecule is CCCNC(c1c(C)oc(C)c1C)C1CC(C)CC(C)C1.